The molecule has 1 aromatic rings. The number of nitrogens with one attached hydrogen (secondary N) is 2. The third kappa shape index (κ3) is 4.96. The minimum Gasteiger partial charge on any atom is -0.393 e. The van der Waals surface area contributed by atoms with Crippen LogP contribution in [0.3, 0.4) is 0 Å². The molecule has 1 fully saturated rings. The lowest BCUT2D eigenvalue weighted by molar-refractivity contribution is 0.145. The van der Waals surface area contributed by atoms with Crippen molar-refractivity contribution in [1.82, 2.24) is 10.6 Å². The molecule has 1 saturated heterocycles. The van der Waals surface area contributed by atoms with Crippen molar-refractivity contribution in [2.24, 2.45) is 0 Å². The zero-order valence-corrected chi connectivity index (χ0v) is 13.4. The van der Waals surface area contributed by atoms with Crippen LogP contribution in [0.2, 0.25) is 0 Å². The Hall–Kier alpha value is -2.08. The van der Waals surface area contributed by atoms with Crippen LogP contribution in [-0.4, -0.2) is 36.4 Å². The maximum Gasteiger partial charge on any atom is 0.315 e. The summed E-state index contributed by atoms with van der Waals surface area (Å²) in [5.74, 6) is -0.305. The second-order valence-electron chi connectivity index (χ2n) is 5.86. The number of hydrogen-bond donors (Lipinski definition) is 3. The number of hydrogen-bond acceptors (Lipinski definition) is 3. The molecule has 1 unspecified atom stereocenters. The second kappa shape index (κ2) is 7.97. The number of carbonyl (C=O) groups is 1. The Balaban J connectivity index is 1.91. The average Bonchev–Trinajstić information content (AvgIpc) is 2.54. The number of anilines is 1. The van der Waals surface area contributed by atoms with E-state index in [0.29, 0.717) is 37.2 Å². The number of halogens is 1. The third-order valence-corrected chi connectivity index (χ3v) is 3.98. The van der Waals surface area contributed by atoms with E-state index in [0.717, 1.165) is 0 Å². The standard InChI is InChI=1S/C17H24FN3O2/c1-3-12(2)20-17(23)19-11-13-4-5-16(15(18)10-13)21-8-6-14(22)7-9-21/h3-5,10,12,14,22H,1,6-9,11H2,2H3,(H2,19,20,23). The second-order valence-corrected chi connectivity index (χ2v) is 5.86. The molecule has 0 aromatic heterocycles. The molecule has 5 nitrogen and oxygen atoms in total. The van der Waals surface area contributed by atoms with Gasteiger partial charge in [-0.05, 0) is 37.5 Å². The van der Waals surface area contributed by atoms with E-state index in [2.05, 4.69) is 17.2 Å². The summed E-state index contributed by atoms with van der Waals surface area (Å²) in [7, 11) is 0. The van der Waals surface area contributed by atoms with E-state index >= 15 is 0 Å². The number of piperidine rings is 1. The van der Waals surface area contributed by atoms with E-state index in [1.165, 1.54) is 6.07 Å². The zero-order valence-electron chi connectivity index (χ0n) is 13.4. The molecule has 1 heterocycles. The maximum absolute atomic E-state index is 14.3. The third-order valence-electron chi connectivity index (χ3n) is 3.98. The van der Waals surface area contributed by atoms with Gasteiger partial charge in [-0.15, -0.1) is 6.58 Å². The van der Waals surface area contributed by atoms with Gasteiger partial charge < -0.3 is 20.6 Å². The lowest BCUT2D eigenvalue weighted by Gasteiger charge is -2.31. The van der Waals surface area contributed by atoms with Crippen LogP contribution < -0.4 is 15.5 Å². The fourth-order valence-corrected chi connectivity index (χ4v) is 2.52. The molecule has 0 spiro atoms. The monoisotopic (exact) mass is 321 g/mol. The highest BCUT2D eigenvalue weighted by molar-refractivity contribution is 5.74. The first-order chi connectivity index (χ1) is 11.0. The number of benzene rings is 1. The first-order valence-corrected chi connectivity index (χ1v) is 7.88. The van der Waals surface area contributed by atoms with Crippen molar-refractivity contribution in [3.63, 3.8) is 0 Å². The number of rotatable bonds is 5. The van der Waals surface area contributed by atoms with Gasteiger partial charge in [0, 0.05) is 25.7 Å². The van der Waals surface area contributed by atoms with Crippen molar-refractivity contribution in [3.8, 4) is 0 Å². The highest BCUT2D eigenvalue weighted by Gasteiger charge is 2.19. The Morgan fingerprint density at radius 2 is 2.22 bits per heavy atom. The molecule has 0 aliphatic carbocycles. The van der Waals surface area contributed by atoms with Crippen LogP contribution in [0.15, 0.2) is 30.9 Å². The highest BCUT2D eigenvalue weighted by atomic mass is 19.1. The van der Waals surface area contributed by atoms with Crippen LogP contribution in [0.5, 0.6) is 0 Å². The molecule has 0 bridgehead atoms. The predicted octanol–water partition coefficient (Wildman–Crippen LogP) is 2.16. The fourth-order valence-electron chi connectivity index (χ4n) is 2.52. The molecule has 3 N–H and O–H groups in total. The summed E-state index contributed by atoms with van der Waals surface area (Å²) < 4.78 is 14.3. The molecule has 2 rings (SSSR count). The van der Waals surface area contributed by atoms with Crippen molar-refractivity contribution >= 4 is 11.7 Å². The predicted molar refractivity (Wildman–Crippen MR) is 88.9 cm³/mol. The maximum atomic E-state index is 14.3. The van der Waals surface area contributed by atoms with Gasteiger partial charge >= 0.3 is 6.03 Å². The van der Waals surface area contributed by atoms with E-state index in [4.69, 9.17) is 0 Å². The Kier molecular flexibility index (Phi) is 5.98. The lowest BCUT2D eigenvalue weighted by Crippen LogP contribution is -2.39. The molecule has 2 amide bonds. The van der Waals surface area contributed by atoms with Crippen LogP contribution >= 0.6 is 0 Å². The highest BCUT2D eigenvalue weighted by Crippen LogP contribution is 2.24. The van der Waals surface area contributed by atoms with Crippen molar-refractivity contribution in [2.45, 2.75) is 38.5 Å². The Labute approximate surface area is 136 Å². The van der Waals surface area contributed by atoms with Crippen molar-refractivity contribution in [3.05, 3.63) is 42.2 Å². The van der Waals surface area contributed by atoms with Crippen LogP contribution in [0.4, 0.5) is 14.9 Å². The number of carbonyl (C=O) groups excluding carboxylic acids is 1. The summed E-state index contributed by atoms with van der Waals surface area (Å²) in [6, 6.07) is 4.54. The van der Waals surface area contributed by atoms with Gasteiger partial charge in [0.1, 0.15) is 5.82 Å². The number of urea groups is 1. The molecule has 23 heavy (non-hydrogen) atoms. The van der Waals surface area contributed by atoms with Crippen molar-refractivity contribution in [1.29, 1.82) is 0 Å². The number of nitrogens with zero attached hydrogens (tertiary/aromatic N) is 1. The van der Waals surface area contributed by atoms with E-state index in [1.807, 2.05) is 11.8 Å². The van der Waals surface area contributed by atoms with Gasteiger partial charge in [-0.1, -0.05) is 12.1 Å². The summed E-state index contributed by atoms with van der Waals surface area (Å²) in [6.07, 6.45) is 2.66. The quantitative estimate of drug-likeness (QED) is 0.728. The van der Waals surface area contributed by atoms with Crippen molar-refractivity contribution in [2.75, 3.05) is 18.0 Å². The Morgan fingerprint density at radius 3 is 2.83 bits per heavy atom. The fraction of sp³-hybridized carbons (Fsp3) is 0.471. The first kappa shape index (κ1) is 17.3. The summed E-state index contributed by atoms with van der Waals surface area (Å²) in [4.78, 5) is 13.6. The van der Waals surface area contributed by atoms with Crippen LogP contribution in [0.1, 0.15) is 25.3 Å². The van der Waals surface area contributed by atoms with Gasteiger partial charge in [-0.3, -0.25) is 0 Å². The van der Waals surface area contributed by atoms with Gasteiger partial charge in [-0.25, -0.2) is 9.18 Å². The minimum atomic E-state index is -0.313. The van der Waals surface area contributed by atoms with Gasteiger partial charge in [0.15, 0.2) is 0 Å². The Morgan fingerprint density at radius 1 is 1.52 bits per heavy atom. The topological polar surface area (TPSA) is 64.6 Å². The summed E-state index contributed by atoms with van der Waals surface area (Å²) in [5, 5.41) is 14.9. The molecule has 1 aromatic carbocycles. The minimum absolute atomic E-state index is 0.122. The molecule has 1 aliphatic heterocycles. The molecular formula is C17H24FN3O2. The number of aliphatic hydroxyl groups excluding tert-OH is 1. The molecule has 1 atom stereocenters. The largest absolute Gasteiger partial charge is 0.393 e. The van der Waals surface area contributed by atoms with Gasteiger partial charge in [0.2, 0.25) is 0 Å². The molecule has 0 radical (unpaired) electrons. The van der Waals surface area contributed by atoms with E-state index < -0.39 is 0 Å². The van der Waals surface area contributed by atoms with Crippen LogP contribution in [0, 0.1) is 5.82 Å². The normalized spacial score (nSPS) is 16.7. The molecule has 6 heteroatoms. The SMILES string of the molecule is C=CC(C)NC(=O)NCc1ccc(N2CCC(O)CC2)c(F)c1. The Bertz CT molecular complexity index is 557. The molecular weight excluding hydrogens is 297 g/mol. The van der Waals surface area contributed by atoms with E-state index in [9.17, 15) is 14.3 Å². The summed E-state index contributed by atoms with van der Waals surface area (Å²) in [6.45, 7) is 6.96. The number of amides is 2. The van der Waals surface area contributed by atoms with Gasteiger partial charge in [0.05, 0.1) is 11.8 Å². The molecule has 126 valence electrons. The van der Waals surface area contributed by atoms with Crippen molar-refractivity contribution < 1.29 is 14.3 Å². The van der Waals surface area contributed by atoms with E-state index in [-0.39, 0.29) is 30.5 Å². The first-order valence-electron chi connectivity index (χ1n) is 7.88. The van der Waals surface area contributed by atoms with Crippen LogP contribution in [0.25, 0.3) is 0 Å². The van der Waals surface area contributed by atoms with Gasteiger partial charge in [-0.2, -0.15) is 0 Å². The zero-order chi connectivity index (χ0) is 16.8. The molecule has 1 aliphatic rings. The lowest BCUT2D eigenvalue weighted by atomic mass is 10.1. The average molecular weight is 321 g/mol. The van der Waals surface area contributed by atoms with Gasteiger partial charge in [0.25, 0.3) is 0 Å². The smallest absolute Gasteiger partial charge is 0.315 e. The van der Waals surface area contributed by atoms with Crippen LogP contribution in [-0.2, 0) is 6.54 Å². The van der Waals surface area contributed by atoms with E-state index in [1.54, 1.807) is 18.2 Å². The summed E-state index contributed by atoms with van der Waals surface area (Å²) >= 11 is 0. The summed E-state index contributed by atoms with van der Waals surface area (Å²) in [5.41, 5.74) is 1.25. The molecule has 0 saturated carbocycles. The number of aliphatic hydroxyl groups is 1.